The van der Waals surface area contributed by atoms with Crippen molar-refractivity contribution in [1.82, 2.24) is 0 Å². The molecular formula is C11H10F2O. The van der Waals surface area contributed by atoms with Crippen LogP contribution in [0, 0.1) is 17.6 Å². The highest BCUT2D eigenvalue weighted by molar-refractivity contribution is 5.42. The van der Waals surface area contributed by atoms with E-state index >= 15 is 0 Å². The Balaban J connectivity index is 2.17. The molecule has 2 aliphatic rings. The second-order valence-electron chi connectivity index (χ2n) is 4.03. The van der Waals surface area contributed by atoms with Crippen LogP contribution in [0.2, 0.25) is 0 Å². The van der Waals surface area contributed by atoms with Gasteiger partial charge in [0, 0.05) is 11.5 Å². The molecule has 2 atom stereocenters. The van der Waals surface area contributed by atoms with E-state index in [4.69, 9.17) is 4.74 Å². The Morgan fingerprint density at radius 3 is 2.64 bits per heavy atom. The largest absolute Gasteiger partial charge is 0.490 e. The first-order valence-corrected chi connectivity index (χ1v) is 4.88. The zero-order chi connectivity index (χ0) is 9.71. The lowest BCUT2D eigenvalue weighted by molar-refractivity contribution is 0.112. The number of hydrogen-bond acceptors (Lipinski definition) is 1. The SMILES string of the molecule is Fc1ccc(F)c2c1OC[C@H]1CC[C@@H]21. The van der Waals surface area contributed by atoms with E-state index in [1.807, 2.05) is 0 Å². The molecule has 3 rings (SSSR count). The molecule has 1 aliphatic carbocycles. The number of fused-ring (bicyclic) bond motifs is 3. The Bertz CT molecular complexity index is 389. The first kappa shape index (κ1) is 8.21. The van der Waals surface area contributed by atoms with Gasteiger partial charge in [-0.25, -0.2) is 8.78 Å². The van der Waals surface area contributed by atoms with Crippen molar-refractivity contribution in [2.24, 2.45) is 5.92 Å². The van der Waals surface area contributed by atoms with E-state index in [-0.39, 0.29) is 17.5 Å². The molecule has 1 nitrogen and oxygen atoms in total. The molecule has 0 bridgehead atoms. The molecule has 1 fully saturated rings. The van der Waals surface area contributed by atoms with E-state index in [9.17, 15) is 8.78 Å². The molecule has 1 saturated carbocycles. The normalized spacial score (nSPS) is 28.4. The smallest absolute Gasteiger partial charge is 0.165 e. The van der Waals surface area contributed by atoms with E-state index in [1.54, 1.807) is 0 Å². The summed E-state index contributed by atoms with van der Waals surface area (Å²) in [5.41, 5.74) is 0.465. The van der Waals surface area contributed by atoms with E-state index in [0.29, 0.717) is 18.1 Å². The molecule has 0 spiro atoms. The maximum atomic E-state index is 13.5. The van der Waals surface area contributed by atoms with E-state index in [2.05, 4.69) is 0 Å². The summed E-state index contributed by atoms with van der Waals surface area (Å²) < 4.78 is 32.0. The van der Waals surface area contributed by atoms with Crippen LogP contribution in [0.4, 0.5) is 8.78 Å². The van der Waals surface area contributed by atoms with Crippen molar-refractivity contribution in [2.75, 3.05) is 6.61 Å². The highest BCUT2D eigenvalue weighted by Crippen LogP contribution is 2.50. The summed E-state index contributed by atoms with van der Waals surface area (Å²) in [5.74, 6) is -0.0262. The molecule has 0 saturated heterocycles. The maximum absolute atomic E-state index is 13.5. The Kier molecular flexibility index (Phi) is 1.58. The van der Waals surface area contributed by atoms with Crippen LogP contribution >= 0.6 is 0 Å². The molecule has 3 heteroatoms. The van der Waals surface area contributed by atoms with Gasteiger partial charge in [0.15, 0.2) is 11.6 Å². The zero-order valence-corrected chi connectivity index (χ0v) is 7.59. The molecule has 1 heterocycles. The van der Waals surface area contributed by atoms with Gasteiger partial charge in [-0.15, -0.1) is 0 Å². The first-order valence-electron chi connectivity index (χ1n) is 4.88. The summed E-state index contributed by atoms with van der Waals surface area (Å²) in [5, 5.41) is 0. The summed E-state index contributed by atoms with van der Waals surface area (Å²) in [4.78, 5) is 0. The summed E-state index contributed by atoms with van der Waals surface area (Å²) >= 11 is 0. The van der Waals surface area contributed by atoms with Gasteiger partial charge in [0.25, 0.3) is 0 Å². The fourth-order valence-corrected chi connectivity index (χ4v) is 2.38. The molecule has 14 heavy (non-hydrogen) atoms. The van der Waals surface area contributed by atoms with Crippen LogP contribution in [-0.4, -0.2) is 6.61 Å². The van der Waals surface area contributed by atoms with Crippen LogP contribution in [0.5, 0.6) is 5.75 Å². The molecule has 1 aromatic carbocycles. The molecule has 0 unspecified atom stereocenters. The Morgan fingerprint density at radius 1 is 1.14 bits per heavy atom. The van der Waals surface area contributed by atoms with Gasteiger partial charge in [-0.3, -0.25) is 0 Å². The van der Waals surface area contributed by atoms with Gasteiger partial charge in [0.05, 0.1) is 6.61 Å². The van der Waals surface area contributed by atoms with Crippen molar-refractivity contribution in [3.05, 3.63) is 29.3 Å². The molecular weight excluding hydrogens is 186 g/mol. The monoisotopic (exact) mass is 196 g/mol. The van der Waals surface area contributed by atoms with Gasteiger partial charge < -0.3 is 4.74 Å². The molecule has 1 aliphatic heterocycles. The van der Waals surface area contributed by atoms with Crippen molar-refractivity contribution < 1.29 is 13.5 Å². The summed E-state index contributed by atoms with van der Waals surface area (Å²) in [6.45, 7) is 0.540. The van der Waals surface area contributed by atoms with Crippen LogP contribution in [0.1, 0.15) is 24.3 Å². The van der Waals surface area contributed by atoms with Crippen LogP contribution in [-0.2, 0) is 0 Å². The lowest BCUT2D eigenvalue weighted by Crippen LogP contribution is -2.34. The van der Waals surface area contributed by atoms with Crippen molar-refractivity contribution in [2.45, 2.75) is 18.8 Å². The molecule has 0 aromatic heterocycles. The minimum atomic E-state index is -0.438. The number of hydrogen-bond donors (Lipinski definition) is 0. The third-order valence-electron chi connectivity index (χ3n) is 3.32. The Labute approximate surface area is 80.7 Å². The quantitative estimate of drug-likeness (QED) is 0.620. The molecule has 1 aromatic rings. The van der Waals surface area contributed by atoms with Gasteiger partial charge in [-0.05, 0) is 30.9 Å². The average Bonchev–Trinajstić information content (AvgIpc) is 2.13. The second-order valence-corrected chi connectivity index (χ2v) is 4.03. The standard InChI is InChI=1S/C11H10F2O/c12-8-3-4-9(13)11-10(8)7-2-1-6(7)5-14-11/h3-4,6-7H,1-2,5H2/t6-,7-/m1/s1. The summed E-state index contributed by atoms with van der Waals surface area (Å²) in [6.07, 6.45) is 2.03. The molecule has 0 N–H and O–H groups in total. The van der Waals surface area contributed by atoms with Crippen LogP contribution in [0.15, 0.2) is 12.1 Å². The third-order valence-corrected chi connectivity index (χ3v) is 3.32. The zero-order valence-electron chi connectivity index (χ0n) is 7.59. The Hall–Kier alpha value is -1.12. The topological polar surface area (TPSA) is 9.23 Å². The third kappa shape index (κ3) is 0.925. The van der Waals surface area contributed by atoms with Crippen molar-refractivity contribution in [1.29, 1.82) is 0 Å². The van der Waals surface area contributed by atoms with Gasteiger partial charge in [0.1, 0.15) is 5.82 Å². The molecule has 74 valence electrons. The molecule has 0 amide bonds. The van der Waals surface area contributed by atoms with Crippen LogP contribution in [0.3, 0.4) is 0 Å². The number of ether oxygens (including phenoxy) is 1. The maximum Gasteiger partial charge on any atom is 0.165 e. The van der Waals surface area contributed by atoms with Gasteiger partial charge in [-0.1, -0.05) is 0 Å². The minimum Gasteiger partial charge on any atom is -0.490 e. The fraction of sp³-hybridized carbons (Fsp3) is 0.455. The van der Waals surface area contributed by atoms with E-state index < -0.39 is 5.82 Å². The van der Waals surface area contributed by atoms with E-state index in [0.717, 1.165) is 18.9 Å². The fourth-order valence-electron chi connectivity index (χ4n) is 2.38. The number of halogens is 2. The minimum absolute atomic E-state index is 0.144. The number of benzene rings is 1. The lowest BCUT2D eigenvalue weighted by atomic mass is 9.69. The van der Waals surface area contributed by atoms with Gasteiger partial charge in [-0.2, -0.15) is 0 Å². The second kappa shape index (κ2) is 2.69. The molecule has 0 radical (unpaired) electrons. The summed E-state index contributed by atoms with van der Waals surface area (Å²) in [6, 6.07) is 2.32. The van der Waals surface area contributed by atoms with E-state index in [1.165, 1.54) is 6.07 Å². The van der Waals surface area contributed by atoms with Crippen LogP contribution in [0.25, 0.3) is 0 Å². The Morgan fingerprint density at radius 2 is 1.93 bits per heavy atom. The predicted octanol–water partition coefficient (Wildman–Crippen LogP) is 2.85. The van der Waals surface area contributed by atoms with Crippen LogP contribution < -0.4 is 4.74 Å². The lowest BCUT2D eigenvalue weighted by Gasteiger charge is -2.41. The van der Waals surface area contributed by atoms with Crippen molar-refractivity contribution in [3.63, 3.8) is 0 Å². The van der Waals surface area contributed by atoms with Crippen molar-refractivity contribution in [3.8, 4) is 5.75 Å². The van der Waals surface area contributed by atoms with Crippen molar-refractivity contribution >= 4 is 0 Å². The number of rotatable bonds is 0. The highest BCUT2D eigenvalue weighted by atomic mass is 19.1. The highest BCUT2D eigenvalue weighted by Gasteiger charge is 2.40. The summed E-state index contributed by atoms with van der Waals surface area (Å²) in [7, 11) is 0. The average molecular weight is 196 g/mol. The first-order chi connectivity index (χ1) is 6.77. The van der Waals surface area contributed by atoms with Gasteiger partial charge >= 0.3 is 0 Å². The predicted molar refractivity (Wildman–Crippen MR) is 47.3 cm³/mol. The van der Waals surface area contributed by atoms with Gasteiger partial charge in [0.2, 0.25) is 0 Å².